The molecule has 11 heteroatoms. The zero-order valence-electron chi connectivity index (χ0n) is 17.7. The predicted molar refractivity (Wildman–Crippen MR) is 120 cm³/mol. The highest BCUT2D eigenvalue weighted by Crippen LogP contribution is 2.21. The Bertz CT molecular complexity index is 1230. The largest absolute Gasteiger partial charge is 0.439 e. The number of benzene rings is 2. The molecule has 0 spiro atoms. The standard InChI is InChI=1S/C22H21FN4O5S/c1-14(27-33(30,31)20-10-5-17(6-11-20)25-15(2)28)22(29)26-18-7-12-21(24-13-18)32-19-8-3-16(23)4-9-19/h3-14,27H,1-2H3,(H,25,28)(H,26,29)/t14-/m0/s1. The van der Waals surface area contributed by atoms with Gasteiger partial charge in [0.05, 0.1) is 22.8 Å². The maximum Gasteiger partial charge on any atom is 0.242 e. The molecule has 0 aliphatic heterocycles. The number of nitrogens with zero attached hydrogens (tertiary/aromatic N) is 1. The zero-order valence-corrected chi connectivity index (χ0v) is 18.5. The molecule has 0 saturated heterocycles. The molecular weight excluding hydrogens is 451 g/mol. The molecule has 0 saturated carbocycles. The maximum atomic E-state index is 13.0. The van der Waals surface area contributed by atoms with Gasteiger partial charge in [-0.05, 0) is 61.5 Å². The van der Waals surface area contributed by atoms with E-state index in [-0.39, 0.29) is 22.5 Å². The molecule has 0 radical (unpaired) electrons. The summed E-state index contributed by atoms with van der Waals surface area (Å²) in [6.07, 6.45) is 1.35. The fraction of sp³-hybridized carbons (Fsp3) is 0.136. The van der Waals surface area contributed by atoms with E-state index in [9.17, 15) is 22.4 Å². The number of ether oxygens (including phenoxy) is 1. The molecule has 0 fully saturated rings. The lowest BCUT2D eigenvalue weighted by atomic mass is 10.3. The van der Waals surface area contributed by atoms with Crippen LogP contribution in [0, 0.1) is 5.82 Å². The van der Waals surface area contributed by atoms with E-state index in [0.717, 1.165) is 0 Å². The molecule has 9 nitrogen and oxygen atoms in total. The van der Waals surface area contributed by atoms with Crippen LogP contribution in [0.5, 0.6) is 11.6 Å². The SMILES string of the molecule is CC(=O)Nc1ccc(S(=O)(=O)N[C@@H](C)C(=O)Nc2ccc(Oc3ccc(F)cc3)nc2)cc1. The second-order valence-corrected chi connectivity index (χ2v) is 8.69. The molecule has 1 aromatic heterocycles. The number of carbonyl (C=O) groups is 2. The number of anilines is 2. The van der Waals surface area contributed by atoms with Gasteiger partial charge in [-0.3, -0.25) is 9.59 Å². The molecule has 172 valence electrons. The molecule has 0 aliphatic rings. The topological polar surface area (TPSA) is 126 Å². The van der Waals surface area contributed by atoms with Gasteiger partial charge in [-0.1, -0.05) is 0 Å². The Morgan fingerprint density at radius 3 is 2.15 bits per heavy atom. The lowest BCUT2D eigenvalue weighted by molar-refractivity contribution is -0.117. The Labute approximate surface area is 190 Å². The van der Waals surface area contributed by atoms with Crippen molar-refractivity contribution in [2.75, 3.05) is 10.6 Å². The highest BCUT2D eigenvalue weighted by Gasteiger charge is 2.22. The average molecular weight is 472 g/mol. The average Bonchev–Trinajstić information content (AvgIpc) is 2.76. The van der Waals surface area contributed by atoms with Crippen LogP contribution in [0.3, 0.4) is 0 Å². The molecule has 2 aromatic carbocycles. The molecule has 3 rings (SSSR count). The molecule has 3 N–H and O–H groups in total. The summed E-state index contributed by atoms with van der Waals surface area (Å²) in [4.78, 5) is 27.5. The van der Waals surface area contributed by atoms with Crippen molar-refractivity contribution in [1.29, 1.82) is 0 Å². The van der Waals surface area contributed by atoms with Crippen molar-refractivity contribution >= 4 is 33.2 Å². The summed E-state index contributed by atoms with van der Waals surface area (Å²) in [5.41, 5.74) is 0.781. The van der Waals surface area contributed by atoms with E-state index in [4.69, 9.17) is 4.74 Å². The van der Waals surface area contributed by atoms with Crippen molar-refractivity contribution in [1.82, 2.24) is 9.71 Å². The number of hydrogen-bond acceptors (Lipinski definition) is 6. The van der Waals surface area contributed by atoms with Crippen LogP contribution in [0.4, 0.5) is 15.8 Å². The Morgan fingerprint density at radius 1 is 0.939 bits per heavy atom. The fourth-order valence-electron chi connectivity index (χ4n) is 2.66. The van der Waals surface area contributed by atoms with E-state index in [1.165, 1.54) is 80.7 Å². The van der Waals surface area contributed by atoms with Gasteiger partial charge in [0.15, 0.2) is 0 Å². The minimum absolute atomic E-state index is 0.0554. The molecule has 0 bridgehead atoms. The number of hydrogen-bond donors (Lipinski definition) is 3. The molecule has 0 unspecified atom stereocenters. The number of rotatable bonds is 8. The molecule has 33 heavy (non-hydrogen) atoms. The summed E-state index contributed by atoms with van der Waals surface area (Å²) in [7, 11) is -3.97. The summed E-state index contributed by atoms with van der Waals surface area (Å²) >= 11 is 0. The van der Waals surface area contributed by atoms with Crippen LogP contribution in [0.2, 0.25) is 0 Å². The van der Waals surface area contributed by atoms with Gasteiger partial charge in [-0.25, -0.2) is 17.8 Å². The minimum atomic E-state index is -3.97. The van der Waals surface area contributed by atoms with E-state index in [0.29, 0.717) is 17.1 Å². The molecule has 3 aromatic rings. The number of pyridine rings is 1. The lowest BCUT2D eigenvalue weighted by Gasteiger charge is -2.15. The molecule has 1 heterocycles. The molecular formula is C22H21FN4O5S. The lowest BCUT2D eigenvalue weighted by Crippen LogP contribution is -2.41. The number of amides is 2. The van der Waals surface area contributed by atoms with Crippen LogP contribution in [-0.4, -0.2) is 31.3 Å². The van der Waals surface area contributed by atoms with Crippen LogP contribution in [0.1, 0.15) is 13.8 Å². The van der Waals surface area contributed by atoms with Crippen molar-refractivity contribution in [3.8, 4) is 11.6 Å². The Balaban J connectivity index is 1.58. The predicted octanol–water partition coefficient (Wildman–Crippen LogP) is 3.28. The van der Waals surface area contributed by atoms with E-state index in [1.54, 1.807) is 0 Å². The Kier molecular flexibility index (Phi) is 7.36. The Hall–Kier alpha value is -3.83. The summed E-state index contributed by atoms with van der Waals surface area (Å²) in [6.45, 7) is 2.74. The number of aromatic nitrogens is 1. The van der Waals surface area contributed by atoms with Gasteiger partial charge in [0.25, 0.3) is 0 Å². The van der Waals surface area contributed by atoms with Gasteiger partial charge < -0.3 is 15.4 Å². The molecule has 2 amide bonds. The third-order valence-electron chi connectivity index (χ3n) is 4.25. The Morgan fingerprint density at radius 2 is 1.58 bits per heavy atom. The number of sulfonamides is 1. The smallest absolute Gasteiger partial charge is 0.242 e. The number of carbonyl (C=O) groups excluding carboxylic acids is 2. The van der Waals surface area contributed by atoms with E-state index >= 15 is 0 Å². The monoisotopic (exact) mass is 472 g/mol. The first-order valence-corrected chi connectivity index (χ1v) is 11.2. The summed E-state index contributed by atoms with van der Waals surface area (Å²) < 4.78 is 45.8. The first-order valence-electron chi connectivity index (χ1n) is 9.73. The minimum Gasteiger partial charge on any atom is -0.439 e. The summed E-state index contributed by atoms with van der Waals surface area (Å²) in [5.74, 6) is -0.633. The third kappa shape index (κ3) is 6.82. The molecule has 1 atom stereocenters. The van der Waals surface area contributed by atoms with E-state index in [2.05, 4.69) is 20.3 Å². The van der Waals surface area contributed by atoms with Gasteiger partial charge in [-0.2, -0.15) is 4.72 Å². The highest BCUT2D eigenvalue weighted by molar-refractivity contribution is 7.89. The maximum absolute atomic E-state index is 13.0. The molecule has 0 aliphatic carbocycles. The van der Waals surface area contributed by atoms with Crippen molar-refractivity contribution in [2.24, 2.45) is 0 Å². The third-order valence-corrected chi connectivity index (χ3v) is 5.81. The van der Waals surface area contributed by atoms with Crippen molar-refractivity contribution in [3.63, 3.8) is 0 Å². The van der Waals surface area contributed by atoms with Crippen LogP contribution in [0.25, 0.3) is 0 Å². The van der Waals surface area contributed by atoms with E-state index in [1.807, 2.05) is 0 Å². The first-order chi connectivity index (χ1) is 15.6. The van der Waals surface area contributed by atoms with Gasteiger partial charge in [0.2, 0.25) is 27.7 Å². The van der Waals surface area contributed by atoms with Gasteiger partial charge in [0, 0.05) is 18.7 Å². The van der Waals surface area contributed by atoms with Gasteiger partial charge >= 0.3 is 0 Å². The number of nitrogens with one attached hydrogen (secondary N) is 3. The van der Waals surface area contributed by atoms with Crippen molar-refractivity contribution in [3.05, 3.63) is 72.7 Å². The highest BCUT2D eigenvalue weighted by atomic mass is 32.2. The van der Waals surface area contributed by atoms with Crippen LogP contribution < -0.4 is 20.1 Å². The number of halogens is 1. The zero-order chi connectivity index (χ0) is 24.0. The van der Waals surface area contributed by atoms with Crippen molar-refractivity contribution < 1.29 is 27.1 Å². The van der Waals surface area contributed by atoms with Gasteiger partial charge in [0.1, 0.15) is 11.6 Å². The van der Waals surface area contributed by atoms with Crippen molar-refractivity contribution in [2.45, 2.75) is 24.8 Å². The first kappa shape index (κ1) is 23.8. The summed E-state index contributed by atoms with van der Waals surface area (Å²) in [6, 6.07) is 12.9. The summed E-state index contributed by atoms with van der Waals surface area (Å²) in [5, 5.41) is 5.11. The second-order valence-electron chi connectivity index (χ2n) is 6.98. The normalized spacial score (nSPS) is 12.0. The van der Waals surface area contributed by atoms with E-state index < -0.39 is 22.0 Å². The van der Waals surface area contributed by atoms with Crippen LogP contribution >= 0.6 is 0 Å². The van der Waals surface area contributed by atoms with Crippen LogP contribution in [-0.2, 0) is 19.6 Å². The second kappa shape index (κ2) is 10.2. The fourth-order valence-corrected chi connectivity index (χ4v) is 3.87. The van der Waals surface area contributed by atoms with Gasteiger partial charge in [-0.15, -0.1) is 0 Å². The quantitative estimate of drug-likeness (QED) is 0.462. The van der Waals surface area contributed by atoms with Crippen LogP contribution in [0.15, 0.2) is 71.8 Å².